The molecule has 2 atom stereocenters. The molecule has 0 saturated carbocycles. The average Bonchev–Trinajstić information content (AvgIpc) is 3.18. The van der Waals surface area contributed by atoms with Gasteiger partial charge in [-0.2, -0.15) is 0 Å². The van der Waals surface area contributed by atoms with Crippen LogP contribution in [0.5, 0.6) is 0 Å². The summed E-state index contributed by atoms with van der Waals surface area (Å²) in [6.07, 6.45) is 4.59. The lowest BCUT2D eigenvalue weighted by atomic mass is 10.0. The number of halogens is 1. The highest BCUT2D eigenvalue weighted by atomic mass is 35.5. The maximum atomic E-state index is 12.6. The normalized spacial score (nSPS) is 19.4. The van der Waals surface area contributed by atoms with Gasteiger partial charge in [-0.1, -0.05) is 11.6 Å². The monoisotopic (exact) mass is 320 g/mol. The minimum Gasteiger partial charge on any atom is -0.467 e. The van der Waals surface area contributed by atoms with E-state index in [0.717, 1.165) is 12.8 Å². The Balaban J connectivity index is 1.71. The van der Waals surface area contributed by atoms with E-state index < -0.39 is 6.10 Å². The van der Waals surface area contributed by atoms with Crippen LogP contribution in [-0.2, 0) is 0 Å². The molecule has 1 fully saturated rings. The summed E-state index contributed by atoms with van der Waals surface area (Å²) in [7, 11) is 0. The summed E-state index contributed by atoms with van der Waals surface area (Å²) in [5.74, 6) is 0.386. The van der Waals surface area contributed by atoms with Crippen LogP contribution >= 0.6 is 11.6 Å². The number of amides is 1. The quantitative estimate of drug-likeness (QED) is 0.940. The van der Waals surface area contributed by atoms with E-state index in [1.54, 1.807) is 29.2 Å². The van der Waals surface area contributed by atoms with Crippen molar-refractivity contribution in [1.29, 1.82) is 0 Å². The summed E-state index contributed by atoms with van der Waals surface area (Å²) in [6.45, 7) is 0.669. The minimum absolute atomic E-state index is 0.0200. The van der Waals surface area contributed by atoms with Gasteiger partial charge in [-0.05, 0) is 37.1 Å². The van der Waals surface area contributed by atoms with Crippen molar-refractivity contribution in [3.63, 3.8) is 0 Å². The lowest BCUT2D eigenvalue weighted by Crippen LogP contribution is -2.36. The number of aromatic nitrogens is 1. The van der Waals surface area contributed by atoms with Gasteiger partial charge in [-0.3, -0.25) is 9.78 Å². The molecule has 5 nitrogen and oxygen atoms in total. The van der Waals surface area contributed by atoms with Gasteiger partial charge in [0.05, 0.1) is 6.26 Å². The fourth-order valence-corrected chi connectivity index (χ4v) is 3.03. The SMILES string of the molecule is O=C(c1cc(Cl)ccn1)N1CCCC1CC(O)c1ccco1. The Morgan fingerprint density at radius 2 is 2.41 bits per heavy atom. The van der Waals surface area contributed by atoms with Crippen LogP contribution in [0.25, 0.3) is 0 Å². The third-order valence-corrected chi connectivity index (χ3v) is 4.18. The van der Waals surface area contributed by atoms with E-state index in [4.69, 9.17) is 16.0 Å². The first-order valence-corrected chi connectivity index (χ1v) is 7.67. The molecule has 1 aliphatic heterocycles. The summed E-state index contributed by atoms with van der Waals surface area (Å²) in [6, 6.07) is 6.67. The first-order valence-electron chi connectivity index (χ1n) is 7.29. The maximum absolute atomic E-state index is 12.6. The van der Waals surface area contributed by atoms with Gasteiger partial charge >= 0.3 is 0 Å². The summed E-state index contributed by atoms with van der Waals surface area (Å²) < 4.78 is 5.22. The predicted molar refractivity (Wildman–Crippen MR) is 81.6 cm³/mol. The van der Waals surface area contributed by atoms with Crippen LogP contribution in [0.2, 0.25) is 5.02 Å². The zero-order chi connectivity index (χ0) is 15.5. The largest absolute Gasteiger partial charge is 0.467 e. The number of nitrogens with zero attached hydrogens (tertiary/aromatic N) is 2. The minimum atomic E-state index is -0.708. The molecule has 2 aromatic heterocycles. The highest BCUT2D eigenvalue weighted by Crippen LogP contribution is 2.28. The molecule has 2 aromatic rings. The molecule has 1 saturated heterocycles. The van der Waals surface area contributed by atoms with Gasteiger partial charge in [0.1, 0.15) is 17.6 Å². The lowest BCUT2D eigenvalue weighted by Gasteiger charge is -2.25. The van der Waals surface area contributed by atoms with E-state index in [0.29, 0.717) is 29.4 Å². The molecule has 6 heteroatoms. The molecular formula is C16H17ClN2O3. The second kappa shape index (κ2) is 6.50. The van der Waals surface area contributed by atoms with E-state index in [2.05, 4.69) is 4.98 Å². The molecule has 0 aromatic carbocycles. The van der Waals surface area contributed by atoms with Crippen molar-refractivity contribution in [2.24, 2.45) is 0 Å². The molecule has 1 N–H and O–H groups in total. The molecule has 0 aliphatic carbocycles. The first-order chi connectivity index (χ1) is 10.6. The number of likely N-dealkylation sites (tertiary alicyclic amines) is 1. The second-order valence-electron chi connectivity index (χ2n) is 5.42. The average molecular weight is 321 g/mol. The zero-order valence-corrected chi connectivity index (χ0v) is 12.7. The molecule has 0 spiro atoms. The van der Waals surface area contributed by atoms with Gasteiger partial charge in [0, 0.05) is 30.2 Å². The molecular weight excluding hydrogens is 304 g/mol. The topological polar surface area (TPSA) is 66.6 Å². The molecule has 3 rings (SSSR count). The molecule has 116 valence electrons. The van der Waals surface area contributed by atoms with Gasteiger partial charge < -0.3 is 14.4 Å². The maximum Gasteiger partial charge on any atom is 0.272 e. The third-order valence-electron chi connectivity index (χ3n) is 3.95. The van der Waals surface area contributed by atoms with Crippen molar-refractivity contribution < 1.29 is 14.3 Å². The van der Waals surface area contributed by atoms with E-state index in [9.17, 15) is 9.90 Å². The molecule has 22 heavy (non-hydrogen) atoms. The van der Waals surface area contributed by atoms with Crippen LogP contribution in [0.3, 0.4) is 0 Å². The van der Waals surface area contributed by atoms with Gasteiger partial charge in [0.25, 0.3) is 5.91 Å². The van der Waals surface area contributed by atoms with Gasteiger partial charge in [-0.25, -0.2) is 0 Å². The number of hydrogen-bond donors (Lipinski definition) is 1. The van der Waals surface area contributed by atoms with Crippen molar-refractivity contribution in [3.05, 3.63) is 53.2 Å². The number of hydrogen-bond acceptors (Lipinski definition) is 4. The molecule has 0 radical (unpaired) electrons. The highest BCUT2D eigenvalue weighted by Gasteiger charge is 2.32. The Morgan fingerprint density at radius 1 is 1.55 bits per heavy atom. The van der Waals surface area contributed by atoms with Gasteiger partial charge in [-0.15, -0.1) is 0 Å². The molecule has 1 aliphatic rings. The Kier molecular flexibility index (Phi) is 4.45. The van der Waals surface area contributed by atoms with Crippen molar-refractivity contribution in [3.8, 4) is 0 Å². The Morgan fingerprint density at radius 3 is 3.14 bits per heavy atom. The van der Waals surface area contributed by atoms with E-state index in [1.165, 1.54) is 12.5 Å². The number of aliphatic hydroxyl groups is 1. The summed E-state index contributed by atoms with van der Waals surface area (Å²) in [4.78, 5) is 18.4. The molecule has 3 heterocycles. The number of furan rings is 1. The number of pyridine rings is 1. The highest BCUT2D eigenvalue weighted by molar-refractivity contribution is 6.30. The first kappa shape index (κ1) is 15.1. The van der Waals surface area contributed by atoms with E-state index >= 15 is 0 Å². The van der Waals surface area contributed by atoms with Crippen LogP contribution in [0.1, 0.15) is 41.6 Å². The van der Waals surface area contributed by atoms with Crippen LogP contribution in [0.4, 0.5) is 0 Å². The van der Waals surface area contributed by atoms with Crippen molar-refractivity contribution >= 4 is 17.5 Å². The number of carbonyl (C=O) groups excluding carboxylic acids is 1. The summed E-state index contributed by atoms with van der Waals surface area (Å²) in [5.41, 5.74) is 0.340. The van der Waals surface area contributed by atoms with Gasteiger partial charge in [0.15, 0.2) is 0 Å². The Labute approximate surface area is 133 Å². The zero-order valence-electron chi connectivity index (χ0n) is 12.0. The Bertz CT molecular complexity index is 645. The smallest absolute Gasteiger partial charge is 0.272 e. The van der Waals surface area contributed by atoms with Crippen LogP contribution in [0, 0.1) is 0 Å². The number of aliphatic hydroxyl groups excluding tert-OH is 1. The number of carbonyl (C=O) groups is 1. The van der Waals surface area contributed by atoms with Gasteiger partial charge in [0.2, 0.25) is 0 Å². The summed E-state index contributed by atoms with van der Waals surface area (Å²) in [5, 5.41) is 10.7. The van der Waals surface area contributed by atoms with Crippen LogP contribution < -0.4 is 0 Å². The van der Waals surface area contributed by atoms with E-state index in [1.807, 2.05) is 0 Å². The predicted octanol–water partition coefficient (Wildman–Crippen LogP) is 3.06. The van der Waals surface area contributed by atoms with Crippen molar-refractivity contribution in [2.45, 2.75) is 31.4 Å². The lowest BCUT2D eigenvalue weighted by molar-refractivity contribution is 0.0636. The summed E-state index contributed by atoms with van der Waals surface area (Å²) >= 11 is 5.92. The fraction of sp³-hybridized carbons (Fsp3) is 0.375. The number of rotatable bonds is 4. The fourth-order valence-electron chi connectivity index (χ4n) is 2.87. The van der Waals surface area contributed by atoms with Crippen LogP contribution in [-0.4, -0.2) is 33.5 Å². The second-order valence-corrected chi connectivity index (χ2v) is 5.86. The molecule has 2 unspecified atom stereocenters. The van der Waals surface area contributed by atoms with Crippen molar-refractivity contribution in [1.82, 2.24) is 9.88 Å². The standard InChI is InChI=1S/C16H17ClN2O3/c17-11-5-6-18-13(9-11)16(21)19-7-1-3-12(19)10-14(20)15-4-2-8-22-15/h2,4-6,8-9,12,14,20H,1,3,7,10H2. The third kappa shape index (κ3) is 3.15. The van der Waals surface area contributed by atoms with E-state index in [-0.39, 0.29) is 11.9 Å². The Hall–Kier alpha value is -1.85. The molecule has 0 bridgehead atoms. The van der Waals surface area contributed by atoms with Crippen molar-refractivity contribution in [2.75, 3.05) is 6.54 Å². The van der Waals surface area contributed by atoms with Crippen LogP contribution in [0.15, 0.2) is 41.1 Å². The molecule has 1 amide bonds.